The molecular weight excluding hydrogens is 443 g/mol. The molecule has 122 valence electrons. The van der Waals surface area contributed by atoms with E-state index in [1.807, 2.05) is 28.7 Å². The largest absolute Gasteiger partial charge is 0.449 e. The summed E-state index contributed by atoms with van der Waals surface area (Å²) >= 11 is 2.04. The molecule has 9 heteroatoms. The van der Waals surface area contributed by atoms with Crippen LogP contribution < -0.4 is 0 Å². The van der Waals surface area contributed by atoms with Crippen LogP contribution in [0.4, 0.5) is 0 Å². The molecule has 7 nitrogen and oxygen atoms in total. The van der Waals surface area contributed by atoms with Gasteiger partial charge in [0, 0.05) is 5.56 Å². The molecule has 1 aliphatic heterocycles. The molecule has 0 atom stereocenters. The molecule has 0 radical (unpaired) electrons. The van der Waals surface area contributed by atoms with Crippen LogP contribution in [0.3, 0.4) is 0 Å². The van der Waals surface area contributed by atoms with E-state index >= 15 is 0 Å². The van der Waals surface area contributed by atoms with Crippen LogP contribution in [0, 0.1) is 15.1 Å². The van der Waals surface area contributed by atoms with Gasteiger partial charge in [-0.1, -0.05) is 12.1 Å². The van der Waals surface area contributed by atoms with Gasteiger partial charge in [-0.15, -0.1) is 4.40 Å². The van der Waals surface area contributed by atoms with Crippen molar-refractivity contribution < 1.29 is 12.8 Å². The average molecular weight is 454 g/mol. The van der Waals surface area contributed by atoms with Gasteiger partial charge in [0.05, 0.1) is 25.2 Å². The number of furan rings is 1. The SMILES string of the molecule is N#CCCN(/N=C/c1ccc(I)o1)C1=NS(=O)(=O)c2ccccc21. The fraction of sp³-hybridized carbons (Fsp3) is 0.133. The molecule has 1 aliphatic rings. The summed E-state index contributed by atoms with van der Waals surface area (Å²) in [6.45, 7) is 0.216. The number of sulfonamides is 1. The van der Waals surface area contributed by atoms with Gasteiger partial charge in [0.25, 0.3) is 10.0 Å². The highest BCUT2D eigenvalue weighted by Crippen LogP contribution is 2.27. The van der Waals surface area contributed by atoms with Crippen molar-refractivity contribution in [1.82, 2.24) is 5.01 Å². The quantitative estimate of drug-likeness (QED) is 0.402. The van der Waals surface area contributed by atoms with E-state index in [9.17, 15) is 8.42 Å². The molecule has 0 fully saturated rings. The smallest absolute Gasteiger partial charge is 0.285 e. The maximum absolute atomic E-state index is 12.2. The monoisotopic (exact) mass is 454 g/mol. The second-order valence-electron chi connectivity index (χ2n) is 4.80. The first-order valence-corrected chi connectivity index (χ1v) is 9.41. The Balaban J connectivity index is 1.98. The van der Waals surface area contributed by atoms with E-state index in [1.165, 1.54) is 17.3 Å². The van der Waals surface area contributed by atoms with Gasteiger partial charge in [0.1, 0.15) is 10.7 Å². The molecular formula is C15H11IN4O3S. The summed E-state index contributed by atoms with van der Waals surface area (Å²) in [4.78, 5) is 0.143. The van der Waals surface area contributed by atoms with Crippen molar-refractivity contribution >= 4 is 44.7 Å². The maximum atomic E-state index is 12.2. The zero-order valence-electron chi connectivity index (χ0n) is 12.3. The first-order chi connectivity index (χ1) is 11.5. The highest BCUT2D eigenvalue weighted by Gasteiger charge is 2.31. The van der Waals surface area contributed by atoms with Crippen molar-refractivity contribution in [3.8, 4) is 6.07 Å². The van der Waals surface area contributed by atoms with E-state index in [0.29, 0.717) is 15.1 Å². The first-order valence-electron chi connectivity index (χ1n) is 6.89. The van der Waals surface area contributed by atoms with Crippen molar-refractivity contribution in [2.45, 2.75) is 11.3 Å². The molecule has 0 amide bonds. The Kier molecular flexibility index (Phi) is 4.68. The summed E-state index contributed by atoms with van der Waals surface area (Å²) in [5.74, 6) is 0.731. The molecule has 0 aliphatic carbocycles. The van der Waals surface area contributed by atoms with Crippen LogP contribution in [-0.4, -0.2) is 32.0 Å². The number of nitrogens with zero attached hydrogens (tertiary/aromatic N) is 4. The van der Waals surface area contributed by atoms with Gasteiger partial charge < -0.3 is 4.42 Å². The molecule has 2 heterocycles. The number of hydrogen-bond acceptors (Lipinski definition) is 6. The van der Waals surface area contributed by atoms with E-state index in [0.717, 1.165) is 0 Å². The fourth-order valence-corrected chi connectivity index (χ4v) is 3.81. The zero-order valence-corrected chi connectivity index (χ0v) is 15.2. The third-order valence-electron chi connectivity index (χ3n) is 3.21. The van der Waals surface area contributed by atoms with Crippen LogP contribution in [-0.2, 0) is 10.0 Å². The van der Waals surface area contributed by atoms with Gasteiger partial charge >= 0.3 is 0 Å². The third-order valence-corrected chi connectivity index (χ3v) is 5.12. The zero-order chi connectivity index (χ0) is 17.2. The van der Waals surface area contributed by atoms with Crippen molar-refractivity contribution in [2.24, 2.45) is 9.50 Å². The molecule has 1 aromatic heterocycles. The van der Waals surface area contributed by atoms with Crippen LogP contribution in [0.1, 0.15) is 17.7 Å². The van der Waals surface area contributed by atoms with Crippen LogP contribution in [0.2, 0.25) is 0 Å². The molecule has 0 saturated heterocycles. The highest BCUT2D eigenvalue weighted by atomic mass is 127. The number of halogens is 1. The predicted octanol–water partition coefficient (Wildman–Crippen LogP) is 2.58. The first kappa shape index (κ1) is 16.7. The molecule has 0 unspecified atom stereocenters. The second-order valence-corrected chi connectivity index (χ2v) is 7.44. The van der Waals surface area contributed by atoms with E-state index in [-0.39, 0.29) is 23.7 Å². The normalized spacial score (nSPS) is 15.1. The summed E-state index contributed by atoms with van der Waals surface area (Å²) in [6.07, 6.45) is 1.64. The Labute approximate surface area is 152 Å². The van der Waals surface area contributed by atoms with Gasteiger partial charge in [-0.2, -0.15) is 18.8 Å². The number of hydrogen-bond donors (Lipinski definition) is 0. The van der Waals surface area contributed by atoms with Gasteiger partial charge in [0.2, 0.25) is 0 Å². The maximum Gasteiger partial charge on any atom is 0.285 e. The van der Waals surface area contributed by atoms with E-state index in [1.54, 1.807) is 30.3 Å². The topological polar surface area (TPSA) is 99.0 Å². The summed E-state index contributed by atoms with van der Waals surface area (Å²) in [5.41, 5.74) is 0.474. The predicted molar refractivity (Wildman–Crippen MR) is 96.1 cm³/mol. The minimum atomic E-state index is -3.74. The second kappa shape index (κ2) is 6.74. The van der Waals surface area contributed by atoms with Crippen molar-refractivity contribution in [2.75, 3.05) is 6.54 Å². The molecule has 3 rings (SSSR count). The summed E-state index contributed by atoms with van der Waals surface area (Å²) in [5, 5.41) is 14.5. The lowest BCUT2D eigenvalue weighted by Gasteiger charge is -2.17. The average Bonchev–Trinajstić information content (AvgIpc) is 3.09. The van der Waals surface area contributed by atoms with Crippen molar-refractivity contribution in [3.05, 3.63) is 51.5 Å². The number of amidine groups is 1. The van der Waals surface area contributed by atoms with Crippen molar-refractivity contribution in [1.29, 1.82) is 5.26 Å². The molecule has 0 bridgehead atoms. The van der Waals surface area contributed by atoms with Crippen LogP contribution in [0.15, 0.2) is 55.2 Å². The van der Waals surface area contributed by atoms with Gasteiger partial charge in [-0.25, -0.2) is 5.01 Å². The third kappa shape index (κ3) is 3.34. The van der Waals surface area contributed by atoms with Gasteiger partial charge in [-0.05, 0) is 46.9 Å². The molecule has 1 aromatic carbocycles. The van der Waals surface area contributed by atoms with E-state index in [4.69, 9.17) is 9.68 Å². The van der Waals surface area contributed by atoms with Gasteiger partial charge in [0.15, 0.2) is 9.60 Å². The van der Waals surface area contributed by atoms with E-state index < -0.39 is 10.0 Å². The van der Waals surface area contributed by atoms with E-state index in [2.05, 4.69) is 9.50 Å². The van der Waals surface area contributed by atoms with Crippen LogP contribution in [0.25, 0.3) is 0 Å². The standard InChI is InChI=1S/C15H11IN4O3S/c16-14-7-6-11(23-14)10-18-20(9-3-8-17)15-12-4-1-2-5-13(12)24(21,22)19-15/h1-2,4-7,10H,3,9H2/b18-10+. The van der Waals surface area contributed by atoms with Gasteiger partial charge in [-0.3, -0.25) is 0 Å². The Bertz CT molecular complexity index is 973. The summed E-state index contributed by atoms with van der Waals surface area (Å²) in [7, 11) is -3.74. The molecule has 0 saturated carbocycles. The number of fused-ring (bicyclic) bond motifs is 1. The molecule has 0 spiro atoms. The summed E-state index contributed by atoms with van der Waals surface area (Å²) < 4.78 is 34.3. The van der Waals surface area contributed by atoms with Crippen LogP contribution in [0.5, 0.6) is 0 Å². The van der Waals surface area contributed by atoms with Crippen LogP contribution >= 0.6 is 22.6 Å². The summed E-state index contributed by atoms with van der Waals surface area (Å²) in [6, 6.07) is 12.1. The lowest BCUT2D eigenvalue weighted by molar-refractivity contribution is 0.455. The Morgan fingerprint density at radius 2 is 2.12 bits per heavy atom. The molecule has 24 heavy (non-hydrogen) atoms. The minimum absolute atomic E-state index is 0.143. The lowest BCUT2D eigenvalue weighted by atomic mass is 10.2. The molecule has 2 aromatic rings. The number of nitriles is 1. The molecule has 0 N–H and O–H groups in total. The Morgan fingerprint density at radius 3 is 2.83 bits per heavy atom. The Hall–Kier alpha value is -2.19. The highest BCUT2D eigenvalue weighted by molar-refractivity contribution is 14.1. The lowest BCUT2D eigenvalue weighted by Crippen LogP contribution is -2.27. The Morgan fingerprint density at radius 1 is 1.33 bits per heavy atom. The number of hydrazone groups is 1. The fourth-order valence-electron chi connectivity index (χ4n) is 2.17. The number of rotatable bonds is 4. The van der Waals surface area contributed by atoms with Crippen molar-refractivity contribution in [3.63, 3.8) is 0 Å². The number of benzene rings is 1. The minimum Gasteiger partial charge on any atom is -0.449 e.